The van der Waals surface area contributed by atoms with Crippen LogP contribution in [-0.2, 0) is 0 Å². The van der Waals surface area contributed by atoms with E-state index in [1.54, 1.807) is 24.3 Å². The smallest absolute Gasteiger partial charge is 0.343 e. The lowest BCUT2D eigenvalue weighted by atomic mass is 10.3. The molecule has 3 N–H and O–H groups in total. The zero-order chi connectivity index (χ0) is 9.84. The summed E-state index contributed by atoms with van der Waals surface area (Å²) in [7, 11) is 0. The van der Waals surface area contributed by atoms with Gasteiger partial charge >= 0.3 is 6.03 Å². The summed E-state index contributed by atoms with van der Waals surface area (Å²) in [6, 6.07) is 0.993. The van der Waals surface area contributed by atoms with Gasteiger partial charge in [0.1, 0.15) is 0 Å². The molecule has 0 aliphatic carbocycles. The number of hydroxylamine groups is 2. The van der Waals surface area contributed by atoms with E-state index in [0.717, 1.165) is 5.56 Å². The highest BCUT2D eigenvalue weighted by molar-refractivity contribution is 7.08. The summed E-state index contributed by atoms with van der Waals surface area (Å²) in [5, 5.41) is 13.3. The van der Waals surface area contributed by atoms with Crippen molar-refractivity contribution in [3.8, 4) is 0 Å². The maximum atomic E-state index is 10.5. The first-order valence-corrected chi connectivity index (χ1v) is 4.54. The molecular formula is C8H10N2O2S. The van der Waals surface area contributed by atoms with Gasteiger partial charge in [-0.15, -0.1) is 0 Å². The van der Waals surface area contributed by atoms with E-state index in [4.69, 9.17) is 10.9 Å². The third kappa shape index (κ3) is 2.57. The van der Waals surface area contributed by atoms with Crippen molar-refractivity contribution in [2.45, 2.75) is 6.92 Å². The summed E-state index contributed by atoms with van der Waals surface area (Å²) in [6.45, 7) is 1.60. The summed E-state index contributed by atoms with van der Waals surface area (Å²) < 4.78 is 0. The number of carbonyl (C=O) groups is 1. The molecule has 1 heterocycles. The first-order valence-electron chi connectivity index (χ1n) is 3.60. The third-order valence-corrected chi connectivity index (χ3v) is 2.16. The van der Waals surface area contributed by atoms with Crippen LogP contribution in [0.15, 0.2) is 22.5 Å². The molecule has 4 nitrogen and oxygen atoms in total. The molecule has 0 radical (unpaired) electrons. The number of amides is 2. The average molecular weight is 198 g/mol. The minimum atomic E-state index is -0.885. The van der Waals surface area contributed by atoms with Crippen molar-refractivity contribution in [3.05, 3.63) is 28.1 Å². The van der Waals surface area contributed by atoms with E-state index >= 15 is 0 Å². The Morgan fingerprint density at radius 1 is 1.77 bits per heavy atom. The fourth-order valence-corrected chi connectivity index (χ4v) is 1.45. The van der Waals surface area contributed by atoms with E-state index in [2.05, 4.69) is 0 Å². The van der Waals surface area contributed by atoms with Gasteiger partial charge in [-0.25, -0.2) is 4.79 Å². The van der Waals surface area contributed by atoms with Crippen LogP contribution in [0.3, 0.4) is 0 Å². The highest BCUT2D eigenvalue weighted by atomic mass is 32.1. The number of hydrogen-bond donors (Lipinski definition) is 2. The molecule has 70 valence electrons. The Bertz CT molecular complexity index is 319. The van der Waals surface area contributed by atoms with Crippen LogP contribution in [0.1, 0.15) is 12.5 Å². The molecule has 1 aromatic rings. The number of urea groups is 1. The number of carbonyl (C=O) groups excluding carboxylic acids is 1. The minimum Gasteiger partial charge on any atom is -0.349 e. The number of rotatable bonds is 2. The van der Waals surface area contributed by atoms with Gasteiger partial charge in [-0.1, -0.05) is 0 Å². The Morgan fingerprint density at radius 2 is 2.46 bits per heavy atom. The molecule has 2 amide bonds. The van der Waals surface area contributed by atoms with Crippen LogP contribution in [0.25, 0.3) is 6.08 Å². The fraction of sp³-hybridized carbons (Fsp3) is 0.125. The number of nitrogens with two attached hydrogens (primary N) is 1. The Kier molecular flexibility index (Phi) is 3.05. The molecule has 0 saturated heterocycles. The summed E-state index contributed by atoms with van der Waals surface area (Å²) in [6.07, 6.45) is 1.67. The highest BCUT2D eigenvalue weighted by Gasteiger charge is 2.06. The predicted molar refractivity (Wildman–Crippen MR) is 51.2 cm³/mol. The van der Waals surface area contributed by atoms with Gasteiger partial charge in [0.05, 0.1) is 0 Å². The first-order chi connectivity index (χ1) is 6.11. The van der Waals surface area contributed by atoms with E-state index in [1.165, 1.54) is 0 Å². The molecule has 13 heavy (non-hydrogen) atoms. The van der Waals surface area contributed by atoms with E-state index < -0.39 is 6.03 Å². The van der Waals surface area contributed by atoms with Gasteiger partial charge < -0.3 is 5.73 Å². The monoisotopic (exact) mass is 198 g/mol. The number of allylic oxidation sites excluding steroid dienone is 1. The van der Waals surface area contributed by atoms with Gasteiger partial charge in [0, 0.05) is 5.70 Å². The van der Waals surface area contributed by atoms with Crippen molar-refractivity contribution in [2.75, 3.05) is 0 Å². The van der Waals surface area contributed by atoms with Crippen LogP contribution in [0.4, 0.5) is 4.79 Å². The van der Waals surface area contributed by atoms with Crippen LogP contribution < -0.4 is 5.73 Å². The van der Waals surface area contributed by atoms with Crippen LogP contribution in [0.5, 0.6) is 0 Å². The van der Waals surface area contributed by atoms with Gasteiger partial charge in [-0.2, -0.15) is 16.4 Å². The fourth-order valence-electron chi connectivity index (χ4n) is 0.833. The second-order valence-electron chi connectivity index (χ2n) is 2.49. The molecule has 1 rings (SSSR count). The summed E-state index contributed by atoms with van der Waals surface area (Å²) in [5.74, 6) is 0. The molecule has 0 bridgehead atoms. The molecule has 1 aromatic heterocycles. The maximum Gasteiger partial charge on any atom is 0.343 e. The number of nitrogens with zero attached hydrogens (tertiary/aromatic N) is 1. The van der Waals surface area contributed by atoms with Gasteiger partial charge in [0.2, 0.25) is 0 Å². The Balaban J connectivity index is 2.78. The molecular weight excluding hydrogens is 188 g/mol. The van der Waals surface area contributed by atoms with Crippen molar-refractivity contribution in [1.82, 2.24) is 5.06 Å². The SMILES string of the molecule is C/C(=C\c1ccsc1)N(O)C(N)=O. The lowest BCUT2D eigenvalue weighted by Gasteiger charge is -2.11. The van der Waals surface area contributed by atoms with Crippen LogP contribution in [0, 0.1) is 0 Å². The van der Waals surface area contributed by atoms with E-state index in [-0.39, 0.29) is 0 Å². The summed E-state index contributed by atoms with van der Waals surface area (Å²) in [4.78, 5) is 10.5. The quantitative estimate of drug-likeness (QED) is 0.562. The average Bonchev–Trinajstić information content (AvgIpc) is 2.55. The lowest BCUT2D eigenvalue weighted by Crippen LogP contribution is -2.30. The predicted octanol–water partition coefficient (Wildman–Crippen LogP) is 1.88. The van der Waals surface area contributed by atoms with Crippen molar-refractivity contribution in [2.24, 2.45) is 5.73 Å². The summed E-state index contributed by atoms with van der Waals surface area (Å²) >= 11 is 1.54. The van der Waals surface area contributed by atoms with Crippen LogP contribution in [0.2, 0.25) is 0 Å². The number of hydrogen-bond acceptors (Lipinski definition) is 3. The Labute approximate surface area is 79.9 Å². The molecule has 0 saturated carbocycles. The molecule has 0 spiro atoms. The largest absolute Gasteiger partial charge is 0.349 e. The first kappa shape index (κ1) is 9.76. The van der Waals surface area contributed by atoms with Crippen molar-refractivity contribution in [1.29, 1.82) is 0 Å². The summed E-state index contributed by atoms with van der Waals surface area (Å²) in [5.41, 5.74) is 6.19. The number of primary amides is 1. The lowest BCUT2D eigenvalue weighted by molar-refractivity contribution is -0.00440. The molecule has 0 aliphatic heterocycles. The van der Waals surface area contributed by atoms with Gasteiger partial charge in [-0.3, -0.25) is 5.21 Å². The van der Waals surface area contributed by atoms with Crippen LogP contribution >= 0.6 is 11.3 Å². The highest BCUT2D eigenvalue weighted by Crippen LogP contribution is 2.12. The van der Waals surface area contributed by atoms with E-state index in [0.29, 0.717) is 10.8 Å². The van der Waals surface area contributed by atoms with Crippen LogP contribution in [-0.4, -0.2) is 16.3 Å². The topological polar surface area (TPSA) is 66.6 Å². The normalized spacial score (nSPS) is 11.4. The Hall–Kier alpha value is -1.33. The zero-order valence-electron chi connectivity index (χ0n) is 7.10. The second-order valence-corrected chi connectivity index (χ2v) is 3.27. The molecule has 0 unspecified atom stereocenters. The third-order valence-electron chi connectivity index (χ3n) is 1.46. The van der Waals surface area contributed by atoms with E-state index in [1.807, 2.05) is 16.8 Å². The molecule has 0 aliphatic rings. The molecule has 0 fully saturated rings. The second kappa shape index (κ2) is 4.06. The van der Waals surface area contributed by atoms with Crippen molar-refractivity contribution < 1.29 is 10.0 Å². The Morgan fingerprint density at radius 3 is 2.92 bits per heavy atom. The van der Waals surface area contributed by atoms with E-state index in [9.17, 15) is 4.79 Å². The molecule has 0 atom stereocenters. The standard InChI is InChI=1S/C8H10N2O2S/c1-6(10(12)8(9)11)4-7-2-3-13-5-7/h2-5,12H,1H3,(H2,9,11)/b6-4+. The minimum absolute atomic E-state index is 0.394. The maximum absolute atomic E-state index is 10.5. The van der Waals surface area contributed by atoms with Gasteiger partial charge in [0.25, 0.3) is 0 Å². The number of thiophene rings is 1. The molecule has 0 aromatic carbocycles. The van der Waals surface area contributed by atoms with Crippen molar-refractivity contribution in [3.63, 3.8) is 0 Å². The van der Waals surface area contributed by atoms with Gasteiger partial charge in [-0.05, 0) is 35.4 Å². The zero-order valence-corrected chi connectivity index (χ0v) is 7.91. The van der Waals surface area contributed by atoms with Gasteiger partial charge in [0.15, 0.2) is 0 Å². The molecule has 5 heteroatoms. The van der Waals surface area contributed by atoms with Crippen molar-refractivity contribution >= 4 is 23.4 Å².